The number of fused-ring (bicyclic) bond motifs is 1. The van der Waals surface area contributed by atoms with Gasteiger partial charge in [-0.1, -0.05) is 0 Å². The molecule has 10 heteroatoms. The number of nitrogens with zero attached hydrogens (tertiary/aromatic N) is 3. The van der Waals surface area contributed by atoms with Gasteiger partial charge < -0.3 is 24.6 Å². The second kappa shape index (κ2) is 9.90. The minimum absolute atomic E-state index is 0.251. The third-order valence-corrected chi connectivity index (χ3v) is 5.89. The molecule has 0 aliphatic carbocycles. The molecule has 164 valence electrons. The summed E-state index contributed by atoms with van der Waals surface area (Å²) in [4.78, 5) is 22.5. The molecule has 0 saturated carbocycles. The average Bonchev–Trinajstić information content (AvgIpc) is 3.25. The number of thiophene rings is 1. The van der Waals surface area contributed by atoms with Crippen molar-refractivity contribution >= 4 is 39.2 Å². The fourth-order valence-electron chi connectivity index (χ4n) is 3.30. The summed E-state index contributed by atoms with van der Waals surface area (Å²) >= 11 is 1.13. The molecule has 3 aromatic rings. The Balaban J connectivity index is 1.44. The van der Waals surface area contributed by atoms with E-state index in [1.165, 1.54) is 0 Å². The highest BCUT2D eigenvalue weighted by Gasteiger charge is 2.13. The minimum Gasteiger partial charge on any atom is -0.493 e. The summed E-state index contributed by atoms with van der Waals surface area (Å²) in [6.45, 7) is 5.04. The van der Waals surface area contributed by atoms with Crippen molar-refractivity contribution in [2.45, 2.75) is 6.42 Å². The first-order valence-corrected chi connectivity index (χ1v) is 10.8. The highest BCUT2D eigenvalue weighted by atomic mass is 32.1. The number of carboxylic acid groups (broad SMARTS) is 1. The van der Waals surface area contributed by atoms with Crippen molar-refractivity contribution in [3.05, 3.63) is 35.3 Å². The van der Waals surface area contributed by atoms with Gasteiger partial charge in [-0.15, -0.1) is 11.3 Å². The van der Waals surface area contributed by atoms with Crippen LogP contribution in [0.25, 0.3) is 10.9 Å². The zero-order valence-electron chi connectivity index (χ0n) is 17.2. The first-order valence-electron chi connectivity index (χ1n) is 10.0. The van der Waals surface area contributed by atoms with Gasteiger partial charge in [-0.2, -0.15) is 0 Å². The van der Waals surface area contributed by atoms with E-state index in [1.54, 1.807) is 25.4 Å². The van der Waals surface area contributed by atoms with Crippen molar-refractivity contribution in [2.75, 3.05) is 51.9 Å². The number of carbonyl (C=O) groups is 1. The van der Waals surface area contributed by atoms with E-state index >= 15 is 0 Å². The highest BCUT2D eigenvalue weighted by molar-refractivity contribution is 7.17. The summed E-state index contributed by atoms with van der Waals surface area (Å²) in [5, 5.41) is 13.6. The lowest BCUT2D eigenvalue weighted by atomic mass is 10.2. The number of hydrogen-bond acceptors (Lipinski definition) is 9. The normalized spacial score (nSPS) is 14.5. The number of methoxy groups -OCH3 is 1. The molecule has 2 aromatic heterocycles. The van der Waals surface area contributed by atoms with E-state index in [9.17, 15) is 4.79 Å². The van der Waals surface area contributed by atoms with Gasteiger partial charge in [0.05, 0.1) is 37.4 Å². The van der Waals surface area contributed by atoms with E-state index in [1.807, 2.05) is 12.1 Å². The van der Waals surface area contributed by atoms with Crippen LogP contribution in [0.15, 0.2) is 30.5 Å². The molecule has 1 saturated heterocycles. The molecule has 4 rings (SSSR count). The van der Waals surface area contributed by atoms with Crippen LogP contribution in [0, 0.1) is 0 Å². The lowest BCUT2D eigenvalue weighted by Crippen LogP contribution is -2.37. The topological polar surface area (TPSA) is 106 Å². The summed E-state index contributed by atoms with van der Waals surface area (Å²) in [6, 6.07) is 6.93. The maximum atomic E-state index is 11.1. The van der Waals surface area contributed by atoms with Crippen LogP contribution in [-0.4, -0.2) is 72.5 Å². The number of aromatic nitrogens is 2. The van der Waals surface area contributed by atoms with Crippen LogP contribution in [0.3, 0.4) is 0 Å². The smallest absolute Gasteiger partial charge is 0.345 e. The van der Waals surface area contributed by atoms with Gasteiger partial charge >= 0.3 is 5.97 Å². The van der Waals surface area contributed by atoms with Gasteiger partial charge in [0.15, 0.2) is 11.5 Å². The molecule has 1 aliphatic rings. The summed E-state index contributed by atoms with van der Waals surface area (Å²) in [7, 11) is 1.61. The largest absolute Gasteiger partial charge is 0.493 e. The van der Waals surface area contributed by atoms with Crippen LogP contribution in [-0.2, 0) is 4.74 Å². The van der Waals surface area contributed by atoms with E-state index in [4.69, 9.17) is 19.3 Å². The molecule has 1 fully saturated rings. The van der Waals surface area contributed by atoms with Crippen LogP contribution in [0.5, 0.6) is 11.5 Å². The number of carboxylic acids is 1. The number of benzene rings is 1. The van der Waals surface area contributed by atoms with Gasteiger partial charge in [0, 0.05) is 37.3 Å². The quantitative estimate of drug-likeness (QED) is 0.481. The summed E-state index contributed by atoms with van der Waals surface area (Å²) < 4.78 is 16.8. The van der Waals surface area contributed by atoms with Gasteiger partial charge in [-0.25, -0.2) is 14.8 Å². The Morgan fingerprint density at radius 2 is 2.13 bits per heavy atom. The van der Waals surface area contributed by atoms with E-state index in [0.29, 0.717) is 34.6 Å². The van der Waals surface area contributed by atoms with E-state index in [0.717, 1.165) is 56.0 Å². The molecule has 1 aromatic carbocycles. The number of nitrogens with one attached hydrogen (secondary N) is 1. The fraction of sp³-hybridized carbons (Fsp3) is 0.381. The third-order valence-electron chi connectivity index (χ3n) is 4.90. The van der Waals surface area contributed by atoms with Crippen LogP contribution in [0.2, 0.25) is 0 Å². The Labute approximate surface area is 183 Å². The molecular formula is C21H24N4O5S. The lowest BCUT2D eigenvalue weighted by molar-refractivity contribution is 0.0357. The molecular weight excluding hydrogens is 420 g/mol. The van der Waals surface area contributed by atoms with Gasteiger partial charge in [-0.3, -0.25) is 4.90 Å². The maximum Gasteiger partial charge on any atom is 0.345 e. The molecule has 0 spiro atoms. The lowest BCUT2D eigenvalue weighted by Gasteiger charge is -2.26. The number of morpholine rings is 1. The van der Waals surface area contributed by atoms with E-state index in [-0.39, 0.29) is 4.88 Å². The standard InChI is InChI=1S/C21H24N4O5S/c1-28-16-11-14-13-22-21(24-19-4-3-18(31-19)20(26)27)23-15(14)12-17(16)30-8-2-5-25-6-9-29-10-7-25/h3-4,11-13H,2,5-10H2,1H3,(H,26,27)(H,22,23,24). The first-order chi connectivity index (χ1) is 15.1. The molecule has 2 N–H and O–H groups in total. The van der Waals surface area contributed by atoms with Crippen LogP contribution < -0.4 is 14.8 Å². The van der Waals surface area contributed by atoms with E-state index in [2.05, 4.69) is 20.2 Å². The zero-order valence-corrected chi connectivity index (χ0v) is 18.0. The summed E-state index contributed by atoms with van der Waals surface area (Å²) in [5.41, 5.74) is 0.705. The Hall–Kier alpha value is -2.95. The Bertz CT molecular complexity index is 1050. The highest BCUT2D eigenvalue weighted by Crippen LogP contribution is 2.32. The molecule has 1 aliphatic heterocycles. The monoisotopic (exact) mass is 444 g/mol. The van der Waals surface area contributed by atoms with Crippen molar-refractivity contribution in [2.24, 2.45) is 0 Å². The maximum absolute atomic E-state index is 11.1. The van der Waals surface area contributed by atoms with Crippen molar-refractivity contribution < 1.29 is 24.1 Å². The van der Waals surface area contributed by atoms with Crippen LogP contribution in [0.1, 0.15) is 16.1 Å². The number of aromatic carboxylic acids is 1. The van der Waals surface area contributed by atoms with Crippen LogP contribution in [0.4, 0.5) is 10.9 Å². The Morgan fingerprint density at radius 1 is 1.29 bits per heavy atom. The van der Waals surface area contributed by atoms with Gasteiger partial charge in [-0.05, 0) is 24.6 Å². The van der Waals surface area contributed by atoms with Gasteiger partial charge in [0.25, 0.3) is 0 Å². The van der Waals surface area contributed by atoms with Crippen molar-refractivity contribution in [1.82, 2.24) is 14.9 Å². The Kier molecular flexibility index (Phi) is 6.80. The van der Waals surface area contributed by atoms with Crippen molar-refractivity contribution in [1.29, 1.82) is 0 Å². The zero-order chi connectivity index (χ0) is 21.6. The SMILES string of the molecule is COc1cc2cnc(Nc3ccc(C(=O)O)s3)nc2cc1OCCCN1CCOCC1. The Morgan fingerprint density at radius 3 is 2.87 bits per heavy atom. The molecule has 0 bridgehead atoms. The fourth-order valence-corrected chi connectivity index (χ4v) is 4.04. The van der Waals surface area contributed by atoms with E-state index < -0.39 is 5.97 Å². The second-order valence-corrected chi connectivity index (χ2v) is 8.09. The molecule has 0 radical (unpaired) electrons. The van der Waals surface area contributed by atoms with Crippen LogP contribution >= 0.6 is 11.3 Å². The molecule has 0 amide bonds. The minimum atomic E-state index is -0.958. The summed E-state index contributed by atoms with van der Waals surface area (Å²) in [5.74, 6) is 0.688. The third kappa shape index (κ3) is 5.40. The molecule has 3 heterocycles. The number of hydrogen-bond donors (Lipinski definition) is 2. The molecule has 0 atom stereocenters. The number of anilines is 2. The number of rotatable bonds is 9. The predicted octanol–water partition coefficient (Wildman–Crippen LogP) is 3.24. The predicted molar refractivity (Wildman–Crippen MR) is 118 cm³/mol. The molecule has 9 nitrogen and oxygen atoms in total. The second-order valence-electron chi connectivity index (χ2n) is 7.01. The van der Waals surface area contributed by atoms with Crippen molar-refractivity contribution in [3.8, 4) is 11.5 Å². The van der Waals surface area contributed by atoms with Gasteiger partial charge in [0.1, 0.15) is 4.88 Å². The molecule has 31 heavy (non-hydrogen) atoms. The first kappa shape index (κ1) is 21.3. The van der Waals surface area contributed by atoms with Gasteiger partial charge in [0.2, 0.25) is 5.95 Å². The number of ether oxygens (including phenoxy) is 3. The average molecular weight is 445 g/mol. The molecule has 0 unspecified atom stereocenters. The van der Waals surface area contributed by atoms with Crippen molar-refractivity contribution in [3.63, 3.8) is 0 Å². The summed E-state index contributed by atoms with van der Waals surface area (Å²) in [6.07, 6.45) is 2.60.